The van der Waals surface area contributed by atoms with Crippen LogP contribution in [0.4, 0.5) is 0 Å². The van der Waals surface area contributed by atoms with Crippen molar-refractivity contribution < 1.29 is 14.3 Å². The molecule has 5 nitrogen and oxygen atoms in total. The number of nitrogens with one attached hydrogen (secondary N) is 1. The lowest BCUT2D eigenvalue weighted by Crippen LogP contribution is -2.41. The number of ether oxygens (including phenoxy) is 1. The first kappa shape index (κ1) is 19.8. The van der Waals surface area contributed by atoms with Crippen molar-refractivity contribution in [2.75, 3.05) is 7.11 Å². The van der Waals surface area contributed by atoms with E-state index < -0.39 is 5.91 Å². The van der Waals surface area contributed by atoms with Crippen LogP contribution in [0.25, 0.3) is 0 Å². The molecule has 0 bridgehead atoms. The van der Waals surface area contributed by atoms with Gasteiger partial charge in [0, 0.05) is 18.0 Å². The van der Waals surface area contributed by atoms with E-state index in [4.69, 9.17) is 4.74 Å². The fourth-order valence-electron chi connectivity index (χ4n) is 3.39. The smallest absolute Gasteiger partial charge is 0.277 e. The van der Waals surface area contributed by atoms with Crippen LogP contribution in [0.2, 0.25) is 0 Å². The summed E-state index contributed by atoms with van der Waals surface area (Å²) < 4.78 is 5.18. The number of carbonyl (C=O) groups is 2. The first-order chi connectivity index (χ1) is 13.7. The summed E-state index contributed by atoms with van der Waals surface area (Å²) in [5.74, 6) is 0.0872. The Labute approximate surface area is 165 Å². The molecule has 146 valence electrons. The van der Waals surface area contributed by atoms with E-state index in [0.717, 1.165) is 37.0 Å². The second-order valence-electron chi connectivity index (χ2n) is 7.06. The van der Waals surface area contributed by atoms with Crippen molar-refractivity contribution in [2.45, 2.75) is 44.6 Å². The first-order valence-electron chi connectivity index (χ1n) is 9.76. The molecular formula is C23H26N2O3. The van der Waals surface area contributed by atoms with E-state index in [1.54, 1.807) is 31.4 Å². The standard InChI is InChI=1S/C23H26N2O3/c1-28-20-14-12-17(13-15-20)16-21(23(27)24-19-10-6-3-7-11-19)25-22(26)18-8-4-2-5-9-18/h2,4-5,8-9,12-15,19H,3,6-7,10-11,16H2,1H3,(H,24,27). The Balaban J connectivity index is 1.80. The fourth-order valence-corrected chi connectivity index (χ4v) is 3.39. The molecule has 1 N–H and O–H groups in total. The quantitative estimate of drug-likeness (QED) is 0.774. The minimum Gasteiger partial charge on any atom is -0.497 e. The highest BCUT2D eigenvalue weighted by molar-refractivity contribution is 6.41. The highest BCUT2D eigenvalue weighted by Gasteiger charge is 2.20. The molecule has 1 saturated carbocycles. The van der Waals surface area contributed by atoms with Gasteiger partial charge in [-0.3, -0.25) is 9.59 Å². The SMILES string of the molecule is COc1ccc(CC(=NC(=O)c2ccccc2)C(=O)NC2CCCCC2)cc1. The zero-order valence-corrected chi connectivity index (χ0v) is 16.2. The lowest BCUT2D eigenvalue weighted by atomic mass is 9.95. The van der Waals surface area contributed by atoms with E-state index in [-0.39, 0.29) is 17.7 Å². The van der Waals surface area contributed by atoms with Crippen molar-refractivity contribution in [3.8, 4) is 5.75 Å². The van der Waals surface area contributed by atoms with Gasteiger partial charge in [-0.15, -0.1) is 0 Å². The van der Waals surface area contributed by atoms with Crippen LogP contribution in [0.3, 0.4) is 0 Å². The molecular weight excluding hydrogens is 352 g/mol. The molecule has 0 aliphatic heterocycles. The van der Waals surface area contributed by atoms with Crippen LogP contribution in [0, 0.1) is 0 Å². The van der Waals surface area contributed by atoms with Gasteiger partial charge in [0.1, 0.15) is 11.5 Å². The molecule has 0 unspecified atom stereocenters. The van der Waals surface area contributed by atoms with Crippen LogP contribution in [-0.2, 0) is 11.2 Å². The van der Waals surface area contributed by atoms with E-state index in [2.05, 4.69) is 10.3 Å². The summed E-state index contributed by atoms with van der Waals surface area (Å²) in [7, 11) is 1.61. The average molecular weight is 378 g/mol. The Morgan fingerprint density at radius 3 is 2.32 bits per heavy atom. The van der Waals surface area contributed by atoms with E-state index >= 15 is 0 Å². The molecule has 2 amide bonds. The molecule has 28 heavy (non-hydrogen) atoms. The number of benzene rings is 2. The number of hydrogen-bond acceptors (Lipinski definition) is 3. The van der Waals surface area contributed by atoms with Crippen molar-refractivity contribution in [3.05, 3.63) is 65.7 Å². The summed E-state index contributed by atoms with van der Waals surface area (Å²) >= 11 is 0. The van der Waals surface area contributed by atoms with E-state index in [9.17, 15) is 9.59 Å². The molecule has 0 spiro atoms. The predicted molar refractivity (Wildman–Crippen MR) is 110 cm³/mol. The molecule has 2 aromatic carbocycles. The van der Waals surface area contributed by atoms with Crippen molar-refractivity contribution in [1.29, 1.82) is 0 Å². The summed E-state index contributed by atoms with van der Waals surface area (Å²) in [6.07, 6.45) is 5.72. The Morgan fingerprint density at radius 1 is 1.00 bits per heavy atom. The molecule has 1 fully saturated rings. The molecule has 0 aromatic heterocycles. The summed E-state index contributed by atoms with van der Waals surface area (Å²) in [6.45, 7) is 0. The number of nitrogens with zero attached hydrogens (tertiary/aromatic N) is 1. The van der Waals surface area contributed by atoms with E-state index in [0.29, 0.717) is 12.0 Å². The minimum absolute atomic E-state index is 0.161. The molecule has 5 heteroatoms. The second kappa shape index (κ2) is 9.83. The van der Waals surface area contributed by atoms with Gasteiger partial charge in [-0.25, -0.2) is 4.99 Å². The third kappa shape index (κ3) is 5.52. The molecule has 0 radical (unpaired) electrons. The van der Waals surface area contributed by atoms with Gasteiger partial charge in [-0.2, -0.15) is 0 Å². The van der Waals surface area contributed by atoms with Gasteiger partial charge < -0.3 is 10.1 Å². The van der Waals surface area contributed by atoms with Crippen LogP contribution in [0.5, 0.6) is 5.75 Å². The van der Waals surface area contributed by atoms with Crippen LogP contribution in [0.15, 0.2) is 59.6 Å². The highest BCUT2D eigenvalue weighted by Crippen LogP contribution is 2.18. The monoisotopic (exact) mass is 378 g/mol. The zero-order chi connectivity index (χ0) is 19.8. The lowest BCUT2D eigenvalue weighted by molar-refractivity contribution is -0.115. The highest BCUT2D eigenvalue weighted by atomic mass is 16.5. The predicted octanol–water partition coefficient (Wildman–Crippen LogP) is 3.97. The van der Waals surface area contributed by atoms with Gasteiger partial charge in [0.15, 0.2) is 0 Å². The fraction of sp³-hybridized carbons (Fsp3) is 0.348. The number of carbonyl (C=O) groups excluding carboxylic acids is 2. The van der Waals surface area contributed by atoms with Gasteiger partial charge in [0.05, 0.1) is 7.11 Å². The van der Waals surface area contributed by atoms with Gasteiger partial charge in [-0.05, 0) is 42.7 Å². The third-order valence-electron chi connectivity index (χ3n) is 4.99. The topological polar surface area (TPSA) is 67.8 Å². The number of methoxy groups -OCH3 is 1. The van der Waals surface area contributed by atoms with Gasteiger partial charge in [0.2, 0.25) is 0 Å². The molecule has 1 aliphatic carbocycles. The summed E-state index contributed by atoms with van der Waals surface area (Å²) in [5, 5.41) is 3.07. The summed E-state index contributed by atoms with van der Waals surface area (Å²) in [6, 6.07) is 16.4. The number of aliphatic imine (C=N–C) groups is 1. The van der Waals surface area contributed by atoms with Crippen molar-refractivity contribution in [2.24, 2.45) is 4.99 Å². The van der Waals surface area contributed by atoms with Gasteiger partial charge in [0.25, 0.3) is 11.8 Å². The van der Waals surface area contributed by atoms with E-state index in [1.165, 1.54) is 6.42 Å². The molecule has 0 saturated heterocycles. The van der Waals surface area contributed by atoms with Crippen LogP contribution in [0.1, 0.15) is 48.0 Å². The molecule has 3 rings (SSSR count). The van der Waals surface area contributed by atoms with Gasteiger partial charge >= 0.3 is 0 Å². The number of amides is 2. The molecule has 1 aliphatic rings. The summed E-state index contributed by atoms with van der Waals surface area (Å²) in [5.41, 5.74) is 1.61. The molecule has 0 atom stereocenters. The third-order valence-corrected chi connectivity index (χ3v) is 4.99. The molecule has 2 aromatic rings. The first-order valence-corrected chi connectivity index (χ1v) is 9.76. The van der Waals surface area contributed by atoms with Crippen molar-refractivity contribution in [3.63, 3.8) is 0 Å². The maximum atomic E-state index is 12.9. The number of hydrogen-bond donors (Lipinski definition) is 1. The van der Waals surface area contributed by atoms with Gasteiger partial charge in [-0.1, -0.05) is 49.6 Å². The normalized spacial score (nSPS) is 15.1. The number of rotatable bonds is 6. The zero-order valence-electron chi connectivity index (χ0n) is 16.2. The van der Waals surface area contributed by atoms with Crippen LogP contribution >= 0.6 is 0 Å². The Morgan fingerprint density at radius 2 is 1.68 bits per heavy atom. The maximum absolute atomic E-state index is 12.9. The summed E-state index contributed by atoms with van der Waals surface area (Å²) in [4.78, 5) is 29.6. The van der Waals surface area contributed by atoms with Crippen LogP contribution < -0.4 is 10.1 Å². The Kier molecular flexibility index (Phi) is 6.95. The Hall–Kier alpha value is -2.95. The largest absolute Gasteiger partial charge is 0.497 e. The van der Waals surface area contributed by atoms with Crippen molar-refractivity contribution >= 4 is 17.5 Å². The average Bonchev–Trinajstić information content (AvgIpc) is 2.75. The van der Waals surface area contributed by atoms with E-state index in [1.807, 2.05) is 30.3 Å². The maximum Gasteiger partial charge on any atom is 0.277 e. The molecule has 0 heterocycles. The minimum atomic E-state index is -0.400. The van der Waals surface area contributed by atoms with Crippen molar-refractivity contribution in [1.82, 2.24) is 5.32 Å². The second-order valence-corrected chi connectivity index (χ2v) is 7.06. The van der Waals surface area contributed by atoms with Crippen LogP contribution in [-0.4, -0.2) is 30.7 Å². The Bertz CT molecular complexity index is 823. The lowest BCUT2D eigenvalue weighted by Gasteiger charge is -2.23.